The Morgan fingerprint density at radius 1 is 0.960 bits per heavy atom. The molecule has 0 fully saturated rings. The number of azo groups is 1. The Morgan fingerprint density at radius 2 is 1.64 bits per heavy atom. The van der Waals surface area contributed by atoms with Gasteiger partial charge in [0.1, 0.15) is 16.9 Å². The van der Waals surface area contributed by atoms with Crippen LogP contribution in [0, 0.1) is 18.3 Å². The van der Waals surface area contributed by atoms with Gasteiger partial charge in [-0.15, -0.1) is 5.11 Å². The van der Waals surface area contributed by atoms with Crippen molar-refractivity contribution >= 4 is 34.6 Å². The second kappa shape index (κ2) is 7.43. The fourth-order valence-corrected chi connectivity index (χ4v) is 2.72. The first-order chi connectivity index (χ1) is 12.1. The van der Waals surface area contributed by atoms with Crippen molar-refractivity contribution in [1.82, 2.24) is 4.98 Å². The topological polar surface area (TPSA) is 61.4 Å². The molecule has 1 aromatic heterocycles. The van der Waals surface area contributed by atoms with E-state index in [9.17, 15) is 5.26 Å². The van der Waals surface area contributed by atoms with Crippen molar-refractivity contribution in [2.45, 2.75) is 6.92 Å². The van der Waals surface area contributed by atoms with E-state index in [1.165, 1.54) is 0 Å². The average Bonchev–Trinajstić information content (AvgIpc) is 2.63. The van der Waals surface area contributed by atoms with Crippen LogP contribution in [0.2, 0.25) is 10.2 Å². The fraction of sp³-hybridized carbons (Fsp3) is 0.0526. The molecule has 2 aromatic carbocycles. The highest BCUT2D eigenvalue weighted by molar-refractivity contribution is 6.31. The Hall–Kier alpha value is -2.74. The van der Waals surface area contributed by atoms with Gasteiger partial charge in [-0.25, -0.2) is 4.98 Å². The van der Waals surface area contributed by atoms with Crippen LogP contribution >= 0.6 is 23.2 Å². The van der Waals surface area contributed by atoms with Crippen LogP contribution in [0.3, 0.4) is 0 Å². The lowest BCUT2D eigenvalue weighted by Crippen LogP contribution is -1.94. The number of pyridine rings is 1. The summed E-state index contributed by atoms with van der Waals surface area (Å²) in [4.78, 5) is 4.37. The van der Waals surface area contributed by atoms with E-state index in [2.05, 4.69) is 21.3 Å². The molecule has 0 spiro atoms. The molecule has 0 N–H and O–H groups in total. The van der Waals surface area contributed by atoms with E-state index >= 15 is 0 Å². The van der Waals surface area contributed by atoms with Crippen LogP contribution in [0.1, 0.15) is 11.1 Å². The Morgan fingerprint density at radius 3 is 2.28 bits per heavy atom. The summed E-state index contributed by atoms with van der Waals surface area (Å²) >= 11 is 12.1. The number of nitriles is 1. The fourth-order valence-electron chi connectivity index (χ4n) is 2.32. The van der Waals surface area contributed by atoms with Crippen LogP contribution in [-0.4, -0.2) is 4.98 Å². The van der Waals surface area contributed by atoms with Crippen molar-refractivity contribution in [3.05, 3.63) is 75.9 Å². The first kappa shape index (κ1) is 17.1. The van der Waals surface area contributed by atoms with Crippen molar-refractivity contribution in [1.29, 1.82) is 5.26 Å². The summed E-state index contributed by atoms with van der Waals surface area (Å²) in [5.74, 6) is 0. The summed E-state index contributed by atoms with van der Waals surface area (Å²) < 4.78 is 0. The molecule has 0 atom stereocenters. The number of hydrogen-bond donors (Lipinski definition) is 0. The number of rotatable bonds is 3. The van der Waals surface area contributed by atoms with Crippen LogP contribution in [0.5, 0.6) is 0 Å². The Labute approximate surface area is 155 Å². The number of benzene rings is 2. The molecule has 3 rings (SSSR count). The van der Waals surface area contributed by atoms with E-state index in [4.69, 9.17) is 23.2 Å². The maximum Gasteiger partial charge on any atom is 0.147 e. The van der Waals surface area contributed by atoms with Crippen molar-refractivity contribution in [2.24, 2.45) is 10.2 Å². The maximum atomic E-state index is 9.34. The van der Waals surface area contributed by atoms with Gasteiger partial charge in [-0.3, -0.25) is 0 Å². The van der Waals surface area contributed by atoms with Crippen LogP contribution in [0.25, 0.3) is 11.3 Å². The normalized spacial score (nSPS) is 10.8. The molecule has 0 bridgehead atoms. The molecule has 0 aliphatic carbocycles. The molecular formula is C19H12Cl2N4. The minimum absolute atomic E-state index is 0.157. The highest BCUT2D eigenvalue weighted by Crippen LogP contribution is 2.37. The lowest BCUT2D eigenvalue weighted by atomic mass is 10.0. The van der Waals surface area contributed by atoms with Gasteiger partial charge in [-0.1, -0.05) is 53.5 Å². The van der Waals surface area contributed by atoms with Gasteiger partial charge in [-0.05, 0) is 36.8 Å². The third-order valence-electron chi connectivity index (χ3n) is 3.62. The van der Waals surface area contributed by atoms with Crippen LogP contribution in [0.4, 0.5) is 11.4 Å². The molecular weight excluding hydrogens is 355 g/mol. The SMILES string of the molecule is Cc1c(C#N)c(Cl)nc(-c2ccccc2)c1N=Nc1ccc(Cl)cc1. The van der Waals surface area contributed by atoms with Gasteiger partial charge >= 0.3 is 0 Å². The molecule has 0 aliphatic heterocycles. The highest BCUT2D eigenvalue weighted by atomic mass is 35.5. The number of halogens is 2. The molecule has 0 unspecified atom stereocenters. The van der Waals surface area contributed by atoms with Crippen molar-refractivity contribution in [3.63, 3.8) is 0 Å². The number of aromatic nitrogens is 1. The molecule has 0 saturated carbocycles. The summed E-state index contributed by atoms with van der Waals surface area (Å²) in [6, 6.07) is 18.6. The van der Waals surface area contributed by atoms with Gasteiger partial charge in [0.25, 0.3) is 0 Å². The van der Waals surface area contributed by atoms with Gasteiger partial charge in [-0.2, -0.15) is 10.4 Å². The summed E-state index contributed by atoms with van der Waals surface area (Å²) in [6.45, 7) is 1.79. The summed E-state index contributed by atoms with van der Waals surface area (Å²) in [7, 11) is 0. The lowest BCUT2D eigenvalue weighted by molar-refractivity contribution is 1.16. The van der Waals surface area contributed by atoms with Crippen LogP contribution < -0.4 is 0 Å². The van der Waals surface area contributed by atoms with Crippen molar-refractivity contribution in [2.75, 3.05) is 0 Å². The van der Waals surface area contributed by atoms with Gasteiger partial charge in [0.05, 0.1) is 16.9 Å². The molecule has 4 nitrogen and oxygen atoms in total. The van der Waals surface area contributed by atoms with Gasteiger partial charge < -0.3 is 0 Å². The zero-order valence-corrected chi connectivity index (χ0v) is 14.8. The first-order valence-electron chi connectivity index (χ1n) is 7.43. The summed E-state index contributed by atoms with van der Waals surface area (Å²) in [5, 5.41) is 18.7. The molecule has 6 heteroatoms. The predicted molar refractivity (Wildman–Crippen MR) is 99.8 cm³/mol. The maximum absolute atomic E-state index is 9.34. The minimum atomic E-state index is 0.157. The molecule has 122 valence electrons. The number of nitrogens with zero attached hydrogens (tertiary/aromatic N) is 4. The molecule has 0 radical (unpaired) electrons. The van der Waals surface area contributed by atoms with E-state index in [1.54, 1.807) is 31.2 Å². The Bertz CT molecular complexity index is 975. The highest BCUT2D eigenvalue weighted by Gasteiger charge is 2.17. The van der Waals surface area contributed by atoms with Gasteiger partial charge in [0.2, 0.25) is 0 Å². The average molecular weight is 367 g/mol. The van der Waals surface area contributed by atoms with E-state index in [0.717, 1.165) is 5.56 Å². The molecule has 0 aliphatic rings. The quantitative estimate of drug-likeness (QED) is 0.384. The summed E-state index contributed by atoms with van der Waals surface area (Å²) in [6.07, 6.45) is 0. The monoisotopic (exact) mass is 366 g/mol. The van der Waals surface area contributed by atoms with Crippen LogP contribution in [-0.2, 0) is 0 Å². The van der Waals surface area contributed by atoms with Crippen molar-refractivity contribution in [3.8, 4) is 17.3 Å². The van der Waals surface area contributed by atoms with Crippen molar-refractivity contribution < 1.29 is 0 Å². The third kappa shape index (κ3) is 3.69. The molecule has 1 heterocycles. The Balaban J connectivity index is 2.16. The zero-order chi connectivity index (χ0) is 17.8. The third-order valence-corrected chi connectivity index (χ3v) is 4.15. The second-order valence-electron chi connectivity index (χ2n) is 5.25. The Kier molecular flexibility index (Phi) is 5.08. The van der Waals surface area contributed by atoms with E-state index < -0.39 is 0 Å². The second-order valence-corrected chi connectivity index (χ2v) is 6.05. The standard InChI is InChI=1S/C19H12Cl2N4/c1-12-16(11-22)19(21)23-18(13-5-3-2-4-6-13)17(12)25-24-15-9-7-14(20)8-10-15/h2-10H,1H3. The van der Waals surface area contributed by atoms with E-state index in [0.29, 0.717) is 33.2 Å². The van der Waals surface area contributed by atoms with E-state index in [-0.39, 0.29) is 5.15 Å². The summed E-state index contributed by atoms with van der Waals surface area (Å²) in [5.41, 5.74) is 3.53. The first-order valence-corrected chi connectivity index (χ1v) is 8.18. The smallest absolute Gasteiger partial charge is 0.147 e. The molecule has 25 heavy (non-hydrogen) atoms. The molecule has 3 aromatic rings. The van der Waals surface area contributed by atoms with Crippen LogP contribution in [0.15, 0.2) is 64.8 Å². The van der Waals surface area contributed by atoms with Gasteiger partial charge in [0.15, 0.2) is 0 Å². The lowest BCUT2D eigenvalue weighted by Gasteiger charge is -2.10. The van der Waals surface area contributed by atoms with Gasteiger partial charge in [0, 0.05) is 10.6 Å². The zero-order valence-electron chi connectivity index (χ0n) is 13.2. The predicted octanol–water partition coefficient (Wildman–Crippen LogP) is 6.65. The molecule has 0 saturated heterocycles. The minimum Gasteiger partial charge on any atom is -0.232 e. The number of hydrogen-bond acceptors (Lipinski definition) is 4. The largest absolute Gasteiger partial charge is 0.232 e. The molecule has 0 amide bonds. The van der Waals surface area contributed by atoms with E-state index in [1.807, 2.05) is 30.3 Å².